The molecule has 1 saturated carbocycles. The summed E-state index contributed by atoms with van der Waals surface area (Å²) in [6, 6.07) is 0.174. The predicted octanol–water partition coefficient (Wildman–Crippen LogP) is 2.40. The van der Waals surface area contributed by atoms with E-state index in [1.54, 1.807) is 11.3 Å². The van der Waals surface area contributed by atoms with Crippen molar-refractivity contribution >= 4 is 17.2 Å². The molecule has 5 heteroatoms. The maximum Gasteiger partial charge on any atom is 0.223 e. The molecule has 0 saturated heterocycles. The minimum absolute atomic E-state index is 0.0119. The predicted molar refractivity (Wildman–Crippen MR) is 78.0 cm³/mol. The number of nitrogens with one attached hydrogen (secondary N) is 1. The lowest BCUT2D eigenvalue weighted by Gasteiger charge is -2.26. The van der Waals surface area contributed by atoms with Crippen molar-refractivity contribution < 1.29 is 4.79 Å². The summed E-state index contributed by atoms with van der Waals surface area (Å²) in [5.74, 6) is 0.212. The van der Waals surface area contributed by atoms with E-state index >= 15 is 0 Å². The first-order valence-electron chi connectivity index (χ1n) is 7.10. The van der Waals surface area contributed by atoms with E-state index in [0.29, 0.717) is 0 Å². The van der Waals surface area contributed by atoms with Crippen molar-refractivity contribution in [2.45, 2.75) is 58.0 Å². The van der Waals surface area contributed by atoms with Gasteiger partial charge >= 0.3 is 0 Å². The molecule has 1 aliphatic carbocycles. The fourth-order valence-corrected chi connectivity index (χ4v) is 3.40. The van der Waals surface area contributed by atoms with E-state index in [1.165, 1.54) is 0 Å². The van der Waals surface area contributed by atoms with Crippen molar-refractivity contribution in [1.82, 2.24) is 10.3 Å². The van der Waals surface area contributed by atoms with E-state index in [9.17, 15) is 4.79 Å². The summed E-state index contributed by atoms with van der Waals surface area (Å²) in [5.41, 5.74) is 6.90. The molecule has 2 rings (SSSR count). The quantitative estimate of drug-likeness (QED) is 0.890. The van der Waals surface area contributed by atoms with Gasteiger partial charge in [0, 0.05) is 17.3 Å². The van der Waals surface area contributed by atoms with Gasteiger partial charge in [0.1, 0.15) is 0 Å². The lowest BCUT2D eigenvalue weighted by molar-refractivity contribution is -0.126. The molecule has 3 N–H and O–H groups in total. The number of carbonyl (C=O) groups excluding carboxylic acids is 1. The summed E-state index contributed by atoms with van der Waals surface area (Å²) in [7, 11) is 0. The molecule has 1 aromatic rings. The second-order valence-corrected chi connectivity index (χ2v) is 6.32. The minimum Gasteiger partial charge on any atom is -0.348 e. The molecular formula is C14H23N3OS. The molecule has 1 fully saturated rings. The minimum atomic E-state index is -0.0119. The van der Waals surface area contributed by atoms with Crippen LogP contribution in [0, 0.1) is 5.92 Å². The third-order valence-corrected chi connectivity index (χ3v) is 4.77. The monoisotopic (exact) mass is 281 g/mol. The summed E-state index contributed by atoms with van der Waals surface area (Å²) in [6.45, 7) is 4.09. The van der Waals surface area contributed by atoms with Crippen molar-refractivity contribution in [1.29, 1.82) is 0 Å². The maximum atomic E-state index is 12.2. The highest BCUT2D eigenvalue weighted by Crippen LogP contribution is 2.24. The first-order valence-corrected chi connectivity index (χ1v) is 7.98. The van der Waals surface area contributed by atoms with Crippen LogP contribution in [-0.4, -0.2) is 16.9 Å². The Labute approximate surface area is 118 Å². The van der Waals surface area contributed by atoms with Crippen LogP contribution in [0.2, 0.25) is 0 Å². The number of nitrogens with two attached hydrogens (primary N) is 1. The molecule has 3 unspecified atom stereocenters. The van der Waals surface area contributed by atoms with Gasteiger partial charge < -0.3 is 11.1 Å². The number of hydrogen-bond donors (Lipinski definition) is 2. The standard InChI is InChI=1S/C14H23N3OS/c1-3-13-17-12(8-19-13)9(2)16-14(18)10-5-4-6-11(15)7-10/h8-11H,3-7,15H2,1-2H3,(H,16,18). The molecule has 1 aliphatic rings. The normalized spacial score (nSPS) is 25.0. The Hall–Kier alpha value is -0.940. The molecule has 4 nitrogen and oxygen atoms in total. The Morgan fingerprint density at radius 1 is 1.63 bits per heavy atom. The number of rotatable bonds is 4. The molecule has 106 valence electrons. The second-order valence-electron chi connectivity index (χ2n) is 5.37. The second kappa shape index (κ2) is 6.48. The highest BCUT2D eigenvalue weighted by atomic mass is 32.1. The van der Waals surface area contributed by atoms with Gasteiger partial charge in [-0.25, -0.2) is 4.98 Å². The number of nitrogens with zero attached hydrogens (tertiary/aromatic N) is 1. The van der Waals surface area contributed by atoms with Gasteiger partial charge in [0.05, 0.1) is 16.7 Å². The SMILES string of the molecule is CCc1nc(C(C)NC(=O)C2CCCC(N)C2)cs1. The summed E-state index contributed by atoms with van der Waals surface area (Å²) < 4.78 is 0. The Bertz CT molecular complexity index is 432. The van der Waals surface area contributed by atoms with Gasteiger partial charge in [0.2, 0.25) is 5.91 Å². The average molecular weight is 281 g/mol. The zero-order chi connectivity index (χ0) is 13.8. The van der Waals surface area contributed by atoms with Crippen molar-refractivity contribution in [3.8, 4) is 0 Å². The van der Waals surface area contributed by atoms with Crippen LogP contribution in [0.4, 0.5) is 0 Å². The van der Waals surface area contributed by atoms with E-state index in [4.69, 9.17) is 5.73 Å². The van der Waals surface area contributed by atoms with E-state index in [2.05, 4.69) is 17.2 Å². The molecule has 1 amide bonds. The highest BCUT2D eigenvalue weighted by Gasteiger charge is 2.26. The first-order chi connectivity index (χ1) is 9.10. The van der Waals surface area contributed by atoms with Crippen LogP contribution in [0.3, 0.4) is 0 Å². The largest absolute Gasteiger partial charge is 0.348 e. The number of amides is 1. The fourth-order valence-electron chi connectivity index (χ4n) is 2.56. The van der Waals surface area contributed by atoms with E-state index < -0.39 is 0 Å². The van der Waals surface area contributed by atoms with Gasteiger partial charge in [-0.15, -0.1) is 11.3 Å². The Morgan fingerprint density at radius 2 is 2.42 bits per heavy atom. The average Bonchev–Trinajstić information content (AvgIpc) is 2.87. The van der Waals surface area contributed by atoms with Gasteiger partial charge in [0.25, 0.3) is 0 Å². The molecule has 0 aliphatic heterocycles. The summed E-state index contributed by atoms with van der Waals surface area (Å²) >= 11 is 1.66. The van der Waals surface area contributed by atoms with Crippen LogP contribution in [0.5, 0.6) is 0 Å². The molecule has 0 aromatic carbocycles. The van der Waals surface area contributed by atoms with Crippen LogP contribution in [0.25, 0.3) is 0 Å². The van der Waals surface area contributed by atoms with Crippen molar-refractivity contribution in [3.05, 3.63) is 16.1 Å². The number of aryl methyl sites for hydroxylation is 1. The maximum absolute atomic E-state index is 12.2. The third kappa shape index (κ3) is 3.76. The smallest absolute Gasteiger partial charge is 0.223 e. The van der Waals surface area contributed by atoms with Crippen molar-refractivity contribution in [2.75, 3.05) is 0 Å². The van der Waals surface area contributed by atoms with Crippen LogP contribution >= 0.6 is 11.3 Å². The molecule has 0 radical (unpaired) electrons. The molecule has 0 bridgehead atoms. The van der Waals surface area contributed by atoms with Gasteiger partial charge in [-0.3, -0.25) is 4.79 Å². The van der Waals surface area contributed by atoms with E-state index in [0.717, 1.165) is 42.8 Å². The summed E-state index contributed by atoms with van der Waals surface area (Å²) in [4.78, 5) is 16.7. The number of thiazole rings is 1. The lowest BCUT2D eigenvalue weighted by Crippen LogP contribution is -2.38. The molecule has 0 spiro atoms. The topological polar surface area (TPSA) is 68.0 Å². The van der Waals surface area contributed by atoms with Crippen LogP contribution < -0.4 is 11.1 Å². The van der Waals surface area contributed by atoms with Gasteiger partial charge in [-0.2, -0.15) is 0 Å². The molecule has 19 heavy (non-hydrogen) atoms. The van der Waals surface area contributed by atoms with Gasteiger partial charge in [-0.05, 0) is 32.6 Å². The molecular weight excluding hydrogens is 258 g/mol. The summed E-state index contributed by atoms with van der Waals surface area (Å²) in [6.07, 6.45) is 4.83. The van der Waals surface area contributed by atoms with Crippen molar-refractivity contribution in [2.24, 2.45) is 11.7 Å². The Kier molecular flexibility index (Phi) is 4.93. The number of aromatic nitrogens is 1. The summed E-state index contributed by atoms with van der Waals surface area (Å²) in [5, 5.41) is 6.23. The first kappa shape index (κ1) is 14.5. The highest BCUT2D eigenvalue weighted by molar-refractivity contribution is 7.09. The number of hydrogen-bond acceptors (Lipinski definition) is 4. The van der Waals surface area contributed by atoms with Gasteiger partial charge in [-0.1, -0.05) is 13.3 Å². The Morgan fingerprint density at radius 3 is 3.05 bits per heavy atom. The third-order valence-electron chi connectivity index (χ3n) is 3.76. The lowest BCUT2D eigenvalue weighted by atomic mass is 9.85. The zero-order valence-electron chi connectivity index (χ0n) is 11.7. The fraction of sp³-hybridized carbons (Fsp3) is 0.714. The van der Waals surface area contributed by atoms with Gasteiger partial charge in [0.15, 0.2) is 0 Å². The van der Waals surface area contributed by atoms with Crippen LogP contribution in [0.15, 0.2) is 5.38 Å². The van der Waals surface area contributed by atoms with E-state index in [1.807, 2.05) is 12.3 Å². The zero-order valence-corrected chi connectivity index (χ0v) is 12.5. The molecule has 3 atom stereocenters. The molecule has 1 aromatic heterocycles. The van der Waals surface area contributed by atoms with Crippen molar-refractivity contribution in [3.63, 3.8) is 0 Å². The Balaban J connectivity index is 1.90. The number of carbonyl (C=O) groups is 1. The van der Waals surface area contributed by atoms with Crippen LogP contribution in [0.1, 0.15) is 56.3 Å². The van der Waals surface area contributed by atoms with Crippen LogP contribution in [-0.2, 0) is 11.2 Å². The molecule has 1 heterocycles. The van der Waals surface area contributed by atoms with E-state index in [-0.39, 0.29) is 23.9 Å².